The summed E-state index contributed by atoms with van der Waals surface area (Å²) in [6, 6.07) is 4.22. The van der Waals surface area contributed by atoms with Gasteiger partial charge in [0, 0.05) is 17.5 Å². The van der Waals surface area contributed by atoms with Crippen LogP contribution in [0, 0.1) is 0 Å². The molecule has 7 heteroatoms. The third-order valence-electron chi connectivity index (χ3n) is 2.45. The highest BCUT2D eigenvalue weighted by Crippen LogP contribution is 2.13. The number of aliphatic carboxylic acids is 1. The SMILES string of the molecule is CC(C)N(CC(=O)NCC(=O)O)Cc1cccs1.Cl. The maximum Gasteiger partial charge on any atom is 0.322 e. The number of thiophene rings is 1. The van der Waals surface area contributed by atoms with Gasteiger partial charge in [-0.3, -0.25) is 14.5 Å². The highest BCUT2D eigenvalue weighted by atomic mass is 35.5. The molecule has 1 aromatic heterocycles. The molecule has 1 heterocycles. The molecule has 0 radical (unpaired) electrons. The fraction of sp³-hybridized carbons (Fsp3) is 0.500. The van der Waals surface area contributed by atoms with Crippen molar-refractivity contribution in [2.45, 2.75) is 26.4 Å². The van der Waals surface area contributed by atoms with Gasteiger partial charge in [0.25, 0.3) is 0 Å². The molecule has 0 fully saturated rings. The molecule has 0 unspecified atom stereocenters. The lowest BCUT2D eigenvalue weighted by molar-refractivity contribution is -0.138. The van der Waals surface area contributed by atoms with E-state index in [2.05, 4.69) is 5.32 Å². The third kappa shape index (κ3) is 7.15. The van der Waals surface area contributed by atoms with Gasteiger partial charge in [0.15, 0.2) is 0 Å². The van der Waals surface area contributed by atoms with Gasteiger partial charge in [0.2, 0.25) is 5.91 Å². The maximum absolute atomic E-state index is 11.6. The van der Waals surface area contributed by atoms with Gasteiger partial charge in [-0.1, -0.05) is 6.07 Å². The van der Waals surface area contributed by atoms with Crippen LogP contribution in [0.5, 0.6) is 0 Å². The number of halogens is 1. The molecule has 108 valence electrons. The van der Waals surface area contributed by atoms with Crippen LogP contribution in [-0.4, -0.2) is 41.0 Å². The average molecular weight is 307 g/mol. The van der Waals surface area contributed by atoms with Crippen LogP contribution in [0.4, 0.5) is 0 Å². The molecule has 1 aromatic rings. The predicted octanol–water partition coefficient (Wildman–Crippen LogP) is 1.58. The number of carboxylic acids is 1. The molecule has 0 aromatic carbocycles. The number of nitrogens with one attached hydrogen (secondary N) is 1. The van der Waals surface area contributed by atoms with Crippen molar-refractivity contribution in [1.82, 2.24) is 10.2 Å². The molecule has 0 atom stereocenters. The number of amides is 1. The minimum Gasteiger partial charge on any atom is -0.480 e. The fourth-order valence-corrected chi connectivity index (χ4v) is 2.17. The van der Waals surface area contributed by atoms with Crippen molar-refractivity contribution >= 4 is 35.6 Å². The highest BCUT2D eigenvalue weighted by Gasteiger charge is 2.15. The van der Waals surface area contributed by atoms with Gasteiger partial charge in [-0.2, -0.15) is 0 Å². The van der Waals surface area contributed by atoms with E-state index in [9.17, 15) is 9.59 Å². The van der Waals surface area contributed by atoms with Crippen LogP contribution in [0.2, 0.25) is 0 Å². The van der Waals surface area contributed by atoms with Gasteiger partial charge in [-0.25, -0.2) is 0 Å². The smallest absolute Gasteiger partial charge is 0.322 e. The molecule has 0 aliphatic rings. The van der Waals surface area contributed by atoms with E-state index in [1.54, 1.807) is 11.3 Å². The molecule has 0 saturated carbocycles. The summed E-state index contributed by atoms with van der Waals surface area (Å²) in [5.41, 5.74) is 0. The summed E-state index contributed by atoms with van der Waals surface area (Å²) in [6.07, 6.45) is 0. The van der Waals surface area contributed by atoms with Crippen molar-refractivity contribution in [2.75, 3.05) is 13.1 Å². The fourth-order valence-electron chi connectivity index (χ4n) is 1.44. The van der Waals surface area contributed by atoms with Crippen LogP contribution in [0.15, 0.2) is 17.5 Å². The number of carbonyl (C=O) groups excluding carboxylic acids is 1. The van der Waals surface area contributed by atoms with Crippen LogP contribution in [0.1, 0.15) is 18.7 Å². The van der Waals surface area contributed by atoms with E-state index in [1.807, 2.05) is 36.3 Å². The van der Waals surface area contributed by atoms with E-state index in [4.69, 9.17) is 5.11 Å². The lowest BCUT2D eigenvalue weighted by Crippen LogP contribution is -2.41. The van der Waals surface area contributed by atoms with Gasteiger partial charge in [-0.15, -0.1) is 23.7 Å². The van der Waals surface area contributed by atoms with E-state index >= 15 is 0 Å². The van der Waals surface area contributed by atoms with Crippen LogP contribution >= 0.6 is 23.7 Å². The normalized spacial score (nSPS) is 10.3. The minimum absolute atomic E-state index is 0. The Bertz CT molecular complexity index is 396. The Balaban J connectivity index is 0.00000324. The zero-order valence-corrected chi connectivity index (χ0v) is 12.6. The monoisotopic (exact) mass is 306 g/mol. The van der Waals surface area contributed by atoms with Gasteiger partial charge < -0.3 is 10.4 Å². The molecule has 0 aliphatic carbocycles. The Morgan fingerprint density at radius 1 is 1.47 bits per heavy atom. The zero-order valence-electron chi connectivity index (χ0n) is 11.0. The van der Waals surface area contributed by atoms with Crippen LogP contribution in [0.25, 0.3) is 0 Å². The van der Waals surface area contributed by atoms with E-state index in [0.29, 0.717) is 6.54 Å². The highest BCUT2D eigenvalue weighted by molar-refractivity contribution is 7.09. The summed E-state index contributed by atoms with van der Waals surface area (Å²) in [7, 11) is 0. The summed E-state index contributed by atoms with van der Waals surface area (Å²) in [4.78, 5) is 25.1. The molecule has 0 spiro atoms. The van der Waals surface area contributed by atoms with Crippen molar-refractivity contribution < 1.29 is 14.7 Å². The van der Waals surface area contributed by atoms with Gasteiger partial charge in [0.05, 0.1) is 6.54 Å². The maximum atomic E-state index is 11.6. The molecular formula is C12H19ClN2O3S. The van der Waals surface area contributed by atoms with Gasteiger partial charge >= 0.3 is 5.97 Å². The number of nitrogens with zero attached hydrogens (tertiary/aromatic N) is 1. The largest absolute Gasteiger partial charge is 0.480 e. The van der Waals surface area contributed by atoms with Crippen molar-refractivity contribution in [3.63, 3.8) is 0 Å². The van der Waals surface area contributed by atoms with Crippen LogP contribution < -0.4 is 5.32 Å². The number of hydrogen-bond donors (Lipinski definition) is 2. The molecule has 1 amide bonds. The first-order chi connectivity index (χ1) is 8.49. The third-order valence-corrected chi connectivity index (χ3v) is 3.31. The van der Waals surface area contributed by atoms with E-state index in [1.165, 1.54) is 4.88 Å². The van der Waals surface area contributed by atoms with Crippen LogP contribution in [-0.2, 0) is 16.1 Å². The van der Waals surface area contributed by atoms with Crippen molar-refractivity contribution in [3.8, 4) is 0 Å². The summed E-state index contributed by atoms with van der Waals surface area (Å²) >= 11 is 1.65. The Labute approximate surface area is 123 Å². The van der Waals surface area contributed by atoms with E-state index < -0.39 is 5.97 Å². The molecule has 19 heavy (non-hydrogen) atoms. The lowest BCUT2D eigenvalue weighted by Gasteiger charge is -2.25. The van der Waals surface area contributed by atoms with E-state index in [0.717, 1.165) is 0 Å². The van der Waals surface area contributed by atoms with Crippen molar-refractivity contribution in [1.29, 1.82) is 0 Å². The van der Waals surface area contributed by atoms with Crippen molar-refractivity contribution in [3.05, 3.63) is 22.4 Å². The predicted molar refractivity (Wildman–Crippen MR) is 77.8 cm³/mol. The Morgan fingerprint density at radius 2 is 2.16 bits per heavy atom. The zero-order chi connectivity index (χ0) is 13.5. The summed E-state index contributed by atoms with van der Waals surface area (Å²) in [6.45, 7) is 4.61. The first-order valence-electron chi connectivity index (χ1n) is 5.74. The lowest BCUT2D eigenvalue weighted by atomic mass is 10.3. The summed E-state index contributed by atoms with van der Waals surface area (Å²) in [5.74, 6) is -1.29. The second kappa shape index (κ2) is 8.90. The molecule has 2 N–H and O–H groups in total. The number of hydrogen-bond acceptors (Lipinski definition) is 4. The Kier molecular flexibility index (Phi) is 8.38. The van der Waals surface area contributed by atoms with Gasteiger partial charge in [0.1, 0.15) is 6.54 Å². The van der Waals surface area contributed by atoms with Crippen molar-refractivity contribution in [2.24, 2.45) is 0 Å². The Hall–Kier alpha value is -1.11. The number of carbonyl (C=O) groups is 2. The topological polar surface area (TPSA) is 69.6 Å². The molecule has 0 bridgehead atoms. The second-order valence-corrected chi connectivity index (χ2v) is 5.28. The molecule has 0 saturated heterocycles. The molecule has 0 aliphatic heterocycles. The quantitative estimate of drug-likeness (QED) is 0.802. The van der Waals surface area contributed by atoms with Crippen LogP contribution in [0.3, 0.4) is 0 Å². The second-order valence-electron chi connectivity index (χ2n) is 4.25. The minimum atomic E-state index is -1.03. The summed E-state index contributed by atoms with van der Waals surface area (Å²) in [5, 5.41) is 12.9. The van der Waals surface area contributed by atoms with Gasteiger partial charge in [-0.05, 0) is 25.3 Å². The first kappa shape index (κ1) is 17.9. The number of carboxylic acid groups (broad SMARTS) is 1. The average Bonchev–Trinajstić information content (AvgIpc) is 2.78. The molecule has 1 rings (SSSR count). The standard InChI is InChI=1S/C12H18N2O3S.ClH/c1-9(2)14(7-10-4-3-5-18-10)8-11(15)13-6-12(16)17;/h3-5,9H,6-8H2,1-2H3,(H,13,15)(H,16,17);1H. The first-order valence-corrected chi connectivity index (χ1v) is 6.62. The summed E-state index contributed by atoms with van der Waals surface area (Å²) < 4.78 is 0. The van der Waals surface area contributed by atoms with E-state index in [-0.39, 0.29) is 37.4 Å². The Morgan fingerprint density at radius 3 is 2.63 bits per heavy atom. The molecular weight excluding hydrogens is 288 g/mol. The molecule has 5 nitrogen and oxygen atoms in total. The number of rotatable bonds is 7.